The second kappa shape index (κ2) is 6.62. The lowest BCUT2D eigenvalue weighted by molar-refractivity contribution is 0.0203. The van der Waals surface area contributed by atoms with Gasteiger partial charge in [0.25, 0.3) is 0 Å². The second-order valence-electron chi connectivity index (χ2n) is 7.60. The lowest BCUT2D eigenvalue weighted by Gasteiger charge is -2.32. The van der Waals surface area contributed by atoms with Crippen molar-refractivity contribution in [3.8, 4) is 0 Å². The van der Waals surface area contributed by atoms with E-state index in [1.54, 1.807) is 4.90 Å². The Morgan fingerprint density at radius 1 is 1.14 bits per heavy atom. The van der Waals surface area contributed by atoms with E-state index in [1.165, 1.54) is 0 Å². The highest BCUT2D eigenvalue weighted by molar-refractivity contribution is 5.68. The monoisotopic (exact) mass is 298 g/mol. The topological polar surface area (TPSA) is 57.5 Å². The van der Waals surface area contributed by atoms with Crippen molar-refractivity contribution in [2.24, 2.45) is 10.3 Å². The van der Waals surface area contributed by atoms with Crippen molar-refractivity contribution in [3.63, 3.8) is 0 Å². The normalized spacial score (nSPS) is 18.1. The number of hydrogen-bond donors (Lipinski definition) is 0. The van der Waals surface area contributed by atoms with Gasteiger partial charge in [-0.15, -0.1) is 0 Å². The van der Waals surface area contributed by atoms with Crippen molar-refractivity contribution in [1.29, 1.82) is 0 Å². The van der Waals surface area contributed by atoms with Crippen LogP contribution in [-0.2, 0) is 4.74 Å². The molecule has 0 N–H and O–H groups in total. The molecule has 0 unspecified atom stereocenters. The molecule has 0 aromatic carbocycles. The molecule has 0 atom stereocenters. The number of hydrogen-bond acceptors (Lipinski definition) is 4. The summed E-state index contributed by atoms with van der Waals surface area (Å²) in [7, 11) is 1.93. The van der Waals surface area contributed by atoms with Gasteiger partial charge in [-0.25, -0.2) is 4.79 Å². The van der Waals surface area contributed by atoms with E-state index < -0.39 is 5.60 Å². The molecule has 1 aliphatic heterocycles. The molecule has 0 radical (unpaired) electrons. The van der Waals surface area contributed by atoms with Gasteiger partial charge in [0.1, 0.15) is 5.60 Å². The molecule has 0 spiro atoms. The molecule has 0 saturated carbocycles. The smallest absolute Gasteiger partial charge is 0.410 e. The maximum Gasteiger partial charge on any atom is 0.410 e. The van der Waals surface area contributed by atoms with Gasteiger partial charge in [-0.05, 0) is 54.4 Å². The fourth-order valence-corrected chi connectivity index (χ4v) is 1.78. The first kappa shape index (κ1) is 17.7. The number of ether oxygens (including phenoxy) is 1. The van der Waals surface area contributed by atoms with E-state index >= 15 is 0 Å². The summed E-state index contributed by atoms with van der Waals surface area (Å²) < 4.78 is 5.38. The summed E-state index contributed by atoms with van der Waals surface area (Å²) in [5, 5.41) is 10.5. The summed E-state index contributed by atoms with van der Waals surface area (Å²) in [6, 6.07) is 0.188. The third-order valence-electron chi connectivity index (χ3n) is 3.44. The molecule has 122 valence electrons. The third-order valence-corrected chi connectivity index (χ3v) is 3.44. The molecular weight excluding hydrogens is 268 g/mol. The van der Waals surface area contributed by atoms with E-state index in [2.05, 4.69) is 31.1 Å². The van der Waals surface area contributed by atoms with Gasteiger partial charge < -0.3 is 9.64 Å². The highest BCUT2D eigenvalue weighted by Gasteiger charge is 2.27. The predicted molar refractivity (Wildman–Crippen MR) is 83.2 cm³/mol. The number of carbonyl (C=O) groups is 1. The Morgan fingerprint density at radius 2 is 1.67 bits per heavy atom. The van der Waals surface area contributed by atoms with Crippen LogP contribution in [0.25, 0.3) is 0 Å². The molecule has 1 heterocycles. The van der Waals surface area contributed by atoms with E-state index in [4.69, 9.17) is 4.74 Å². The van der Waals surface area contributed by atoms with Gasteiger partial charge in [0.05, 0.1) is 11.6 Å². The van der Waals surface area contributed by atoms with Crippen LogP contribution in [0.1, 0.15) is 54.4 Å². The molecule has 1 fully saturated rings. The average molecular weight is 298 g/mol. The largest absolute Gasteiger partial charge is 0.444 e. The van der Waals surface area contributed by atoms with Crippen LogP contribution in [0.15, 0.2) is 10.3 Å². The number of amides is 1. The van der Waals surface area contributed by atoms with Gasteiger partial charge in [-0.3, -0.25) is 5.01 Å². The number of piperidine rings is 1. The van der Waals surface area contributed by atoms with Crippen LogP contribution < -0.4 is 0 Å². The van der Waals surface area contributed by atoms with E-state index in [-0.39, 0.29) is 17.7 Å². The van der Waals surface area contributed by atoms with Crippen LogP contribution in [-0.4, -0.2) is 53.3 Å². The number of rotatable bonds is 2. The molecule has 1 rings (SSSR count). The first-order valence-corrected chi connectivity index (χ1v) is 7.61. The van der Waals surface area contributed by atoms with Crippen LogP contribution in [0.4, 0.5) is 4.79 Å². The van der Waals surface area contributed by atoms with Crippen LogP contribution >= 0.6 is 0 Å². The van der Waals surface area contributed by atoms with Gasteiger partial charge in [0, 0.05) is 20.1 Å². The first-order chi connectivity index (χ1) is 9.49. The molecule has 0 aromatic rings. The zero-order valence-corrected chi connectivity index (χ0v) is 14.5. The summed E-state index contributed by atoms with van der Waals surface area (Å²) in [6.07, 6.45) is 1.44. The fraction of sp³-hybridized carbons (Fsp3) is 0.933. The van der Waals surface area contributed by atoms with E-state index in [1.807, 2.05) is 32.8 Å². The molecule has 6 nitrogen and oxygen atoms in total. The predicted octanol–water partition coefficient (Wildman–Crippen LogP) is 3.48. The van der Waals surface area contributed by atoms with Crippen molar-refractivity contribution < 1.29 is 9.53 Å². The van der Waals surface area contributed by atoms with Gasteiger partial charge >= 0.3 is 6.09 Å². The molecular formula is C15H30N4O2. The summed E-state index contributed by atoms with van der Waals surface area (Å²) in [5.74, 6) is 0. The summed E-state index contributed by atoms with van der Waals surface area (Å²) >= 11 is 0. The Labute approximate surface area is 128 Å². The van der Waals surface area contributed by atoms with E-state index in [0.717, 1.165) is 12.8 Å². The maximum atomic E-state index is 12.0. The highest BCUT2D eigenvalue weighted by Crippen LogP contribution is 2.18. The quantitative estimate of drug-likeness (QED) is 0.579. The SMILES string of the molecule is CN(N=NC1CCN(C(=O)OC(C)(C)C)CC1)C(C)(C)C. The number of carbonyl (C=O) groups excluding carboxylic acids is 1. The number of likely N-dealkylation sites (tertiary alicyclic amines) is 1. The molecule has 1 aliphatic rings. The molecule has 0 aliphatic carbocycles. The summed E-state index contributed by atoms with van der Waals surface area (Å²) in [4.78, 5) is 13.7. The summed E-state index contributed by atoms with van der Waals surface area (Å²) in [5.41, 5.74) is -0.468. The lowest BCUT2D eigenvalue weighted by atomic mass is 10.1. The Bertz CT molecular complexity index is 374. The minimum Gasteiger partial charge on any atom is -0.444 e. The molecule has 1 amide bonds. The molecule has 0 bridgehead atoms. The second-order valence-corrected chi connectivity index (χ2v) is 7.60. The molecule has 21 heavy (non-hydrogen) atoms. The van der Waals surface area contributed by atoms with E-state index in [9.17, 15) is 4.79 Å². The minimum atomic E-state index is -0.441. The zero-order valence-electron chi connectivity index (χ0n) is 14.5. The van der Waals surface area contributed by atoms with Gasteiger partial charge in [0.2, 0.25) is 0 Å². The maximum absolute atomic E-state index is 12.0. The van der Waals surface area contributed by atoms with Crippen molar-refractivity contribution in [1.82, 2.24) is 9.91 Å². The minimum absolute atomic E-state index is 0.0271. The Kier molecular flexibility index (Phi) is 5.59. The molecule has 1 saturated heterocycles. The molecule has 0 aromatic heterocycles. The van der Waals surface area contributed by atoms with Gasteiger partial charge in [0.15, 0.2) is 0 Å². The summed E-state index contributed by atoms with van der Waals surface area (Å²) in [6.45, 7) is 13.3. The van der Waals surface area contributed by atoms with Crippen LogP contribution in [0.3, 0.4) is 0 Å². The third kappa shape index (κ3) is 6.31. The Balaban J connectivity index is 2.42. The first-order valence-electron chi connectivity index (χ1n) is 7.61. The lowest BCUT2D eigenvalue weighted by Crippen LogP contribution is -2.42. The zero-order chi connectivity index (χ0) is 16.3. The number of nitrogens with zero attached hydrogens (tertiary/aromatic N) is 4. The van der Waals surface area contributed by atoms with E-state index in [0.29, 0.717) is 13.1 Å². The van der Waals surface area contributed by atoms with Crippen molar-refractivity contribution in [3.05, 3.63) is 0 Å². The highest BCUT2D eigenvalue weighted by atomic mass is 16.6. The Morgan fingerprint density at radius 3 is 2.10 bits per heavy atom. The average Bonchev–Trinajstić information content (AvgIpc) is 2.33. The van der Waals surface area contributed by atoms with Crippen LogP contribution in [0.2, 0.25) is 0 Å². The van der Waals surface area contributed by atoms with Gasteiger partial charge in [-0.1, -0.05) is 5.22 Å². The molecule has 6 heteroatoms. The van der Waals surface area contributed by atoms with Crippen LogP contribution in [0, 0.1) is 0 Å². The standard InChI is InChI=1S/C15H30N4O2/c1-14(2,3)18(7)17-16-12-8-10-19(11-9-12)13(20)21-15(4,5)6/h12H,8-11H2,1-7H3. The van der Waals surface area contributed by atoms with Crippen molar-refractivity contribution in [2.75, 3.05) is 20.1 Å². The fourth-order valence-electron chi connectivity index (χ4n) is 1.78. The van der Waals surface area contributed by atoms with Crippen molar-refractivity contribution in [2.45, 2.75) is 71.6 Å². The van der Waals surface area contributed by atoms with Crippen molar-refractivity contribution >= 4 is 6.09 Å². The van der Waals surface area contributed by atoms with Gasteiger partial charge in [-0.2, -0.15) is 5.11 Å². The Hall–Kier alpha value is -1.33. The van der Waals surface area contributed by atoms with Crippen LogP contribution in [0.5, 0.6) is 0 Å².